The van der Waals surface area contributed by atoms with E-state index in [4.69, 9.17) is 23.8 Å². The minimum Gasteiger partial charge on any atom is -0.359 e. The first kappa shape index (κ1) is 14.0. The van der Waals surface area contributed by atoms with E-state index in [0.29, 0.717) is 22.0 Å². The first-order chi connectivity index (χ1) is 8.85. The van der Waals surface area contributed by atoms with Crippen molar-refractivity contribution in [1.82, 2.24) is 19.9 Å². The molecule has 5 nitrogen and oxygen atoms in total. The fourth-order valence-corrected chi connectivity index (χ4v) is 2.39. The summed E-state index contributed by atoms with van der Waals surface area (Å²) in [7, 11) is 1.62. The molecule has 1 amide bonds. The molecule has 0 fully saturated rings. The minimum absolute atomic E-state index is 0.0438. The van der Waals surface area contributed by atoms with Crippen molar-refractivity contribution in [3.05, 3.63) is 22.1 Å². The lowest BCUT2D eigenvalue weighted by Gasteiger charge is -2.23. The maximum Gasteiger partial charge on any atom is 0.227 e. The lowest BCUT2D eigenvalue weighted by atomic mass is 9.92. The monoisotopic (exact) mass is 298 g/mol. The molecule has 0 unspecified atom stereocenters. The molecule has 0 aliphatic carbocycles. The van der Waals surface area contributed by atoms with E-state index in [0.717, 1.165) is 5.52 Å². The predicted octanol–water partition coefficient (Wildman–Crippen LogP) is 2.52. The van der Waals surface area contributed by atoms with Crippen LogP contribution in [0.3, 0.4) is 0 Å². The van der Waals surface area contributed by atoms with Crippen LogP contribution in [0.25, 0.3) is 11.2 Å². The lowest BCUT2D eigenvalue weighted by molar-refractivity contribution is -0.129. The molecule has 2 rings (SSSR count). The Morgan fingerprint density at radius 3 is 2.95 bits per heavy atom. The summed E-state index contributed by atoms with van der Waals surface area (Å²) in [6, 6.07) is 1.77. The fraction of sp³-hybridized carbons (Fsp3) is 0.417. The zero-order valence-electron chi connectivity index (χ0n) is 11.0. The minimum atomic E-state index is -0.580. The number of aromatic nitrogens is 3. The SMILES string of the molecule is CNC(=O)C(C)(C)Cn1c(=S)[nH]c2cc(Cl)cnc21. The molecule has 2 aromatic rings. The Labute approximate surface area is 121 Å². The Hall–Kier alpha value is -1.40. The number of amides is 1. The van der Waals surface area contributed by atoms with Crippen LogP contribution < -0.4 is 5.32 Å². The van der Waals surface area contributed by atoms with E-state index in [1.54, 1.807) is 19.3 Å². The van der Waals surface area contributed by atoms with Crippen LogP contribution in [-0.4, -0.2) is 27.5 Å². The van der Waals surface area contributed by atoms with E-state index >= 15 is 0 Å². The number of rotatable bonds is 3. The second-order valence-corrected chi connectivity index (χ2v) is 5.83. The number of imidazole rings is 1. The molecule has 0 bridgehead atoms. The highest BCUT2D eigenvalue weighted by atomic mass is 35.5. The Balaban J connectivity index is 2.49. The van der Waals surface area contributed by atoms with E-state index in [-0.39, 0.29) is 5.91 Å². The number of aromatic amines is 1. The second kappa shape index (κ2) is 4.94. The van der Waals surface area contributed by atoms with Gasteiger partial charge in [0.2, 0.25) is 5.91 Å². The van der Waals surface area contributed by atoms with Crippen molar-refractivity contribution in [3.8, 4) is 0 Å². The smallest absolute Gasteiger partial charge is 0.227 e. The summed E-state index contributed by atoms with van der Waals surface area (Å²) in [6.45, 7) is 4.17. The summed E-state index contributed by atoms with van der Waals surface area (Å²) < 4.78 is 2.35. The van der Waals surface area contributed by atoms with Crippen LogP contribution in [0.2, 0.25) is 5.02 Å². The van der Waals surface area contributed by atoms with Crippen LogP contribution in [0, 0.1) is 10.2 Å². The summed E-state index contributed by atoms with van der Waals surface area (Å²) in [5.74, 6) is -0.0438. The highest BCUT2D eigenvalue weighted by Gasteiger charge is 2.28. The predicted molar refractivity (Wildman–Crippen MR) is 77.8 cm³/mol. The van der Waals surface area contributed by atoms with E-state index < -0.39 is 5.41 Å². The van der Waals surface area contributed by atoms with Crippen LogP contribution in [0.4, 0.5) is 0 Å². The number of hydrogen-bond acceptors (Lipinski definition) is 3. The van der Waals surface area contributed by atoms with Crippen molar-refractivity contribution in [3.63, 3.8) is 0 Å². The van der Waals surface area contributed by atoms with Gasteiger partial charge in [0.25, 0.3) is 0 Å². The molecule has 7 heteroatoms. The molecule has 102 valence electrons. The quantitative estimate of drug-likeness (QED) is 0.856. The molecular weight excluding hydrogens is 284 g/mol. The van der Waals surface area contributed by atoms with Crippen molar-refractivity contribution in [2.45, 2.75) is 20.4 Å². The van der Waals surface area contributed by atoms with Gasteiger partial charge in [0, 0.05) is 19.8 Å². The summed E-state index contributed by atoms with van der Waals surface area (Å²) in [5, 5.41) is 3.20. The number of carbonyl (C=O) groups excluding carboxylic acids is 1. The van der Waals surface area contributed by atoms with Crippen LogP contribution in [0.5, 0.6) is 0 Å². The molecule has 2 heterocycles. The Bertz CT molecular complexity index is 689. The van der Waals surface area contributed by atoms with Gasteiger partial charge < -0.3 is 14.9 Å². The normalized spacial score (nSPS) is 11.8. The molecule has 0 atom stereocenters. The topological polar surface area (TPSA) is 62.7 Å². The third-order valence-electron chi connectivity index (χ3n) is 2.97. The number of fused-ring (bicyclic) bond motifs is 1. The molecule has 0 radical (unpaired) electrons. The van der Waals surface area contributed by atoms with Gasteiger partial charge in [0.15, 0.2) is 10.4 Å². The average Bonchev–Trinajstić information content (AvgIpc) is 2.63. The molecular formula is C12H15ClN4OS. The van der Waals surface area contributed by atoms with Gasteiger partial charge in [0.05, 0.1) is 16.0 Å². The van der Waals surface area contributed by atoms with Gasteiger partial charge in [-0.05, 0) is 32.1 Å². The van der Waals surface area contributed by atoms with Gasteiger partial charge in [-0.15, -0.1) is 0 Å². The van der Waals surface area contributed by atoms with Crippen molar-refractivity contribution in [2.75, 3.05) is 7.05 Å². The van der Waals surface area contributed by atoms with Gasteiger partial charge in [0.1, 0.15) is 0 Å². The van der Waals surface area contributed by atoms with Crippen molar-refractivity contribution >= 4 is 40.9 Å². The lowest BCUT2D eigenvalue weighted by Crippen LogP contribution is -2.37. The van der Waals surface area contributed by atoms with Crippen molar-refractivity contribution in [1.29, 1.82) is 0 Å². The third kappa shape index (κ3) is 2.64. The number of nitrogens with zero attached hydrogens (tertiary/aromatic N) is 2. The summed E-state index contributed by atoms with van der Waals surface area (Å²) in [4.78, 5) is 19.2. The van der Waals surface area contributed by atoms with Gasteiger partial charge in [-0.1, -0.05) is 11.6 Å². The highest BCUT2D eigenvalue weighted by Crippen LogP contribution is 2.23. The summed E-state index contributed by atoms with van der Waals surface area (Å²) >= 11 is 11.2. The van der Waals surface area contributed by atoms with Crippen molar-refractivity contribution in [2.24, 2.45) is 5.41 Å². The number of halogens is 1. The molecule has 2 aromatic heterocycles. The number of nitrogens with one attached hydrogen (secondary N) is 2. The maximum atomic E-state index is 11.9. The van der Waals surface area contributed by atoms with Crippen LogP contribution in [0.15, 0.2) is 12.3 Å². The third-order valence-corrected chi connectivity index (χ3v) is 3.50. The zero-order chi connectivity index (χ0) is 14.2. The van der Waals surface area contributed by atoms with Gasteiger partial charge >= 0.3 is 0 Å². The number of pyridine rings is 1. The second-order valence-electron chi connectivity index (χ2n) is 5.00. The Kier molecular flexibility index (Phi) is 3.64. The molecule has 2 N–H and O–H groups in total. The summed E-state index contributed by atoms with van der Waals surface area (Å²) in [5.41, 5.74) is 0.889. The molecule has 0 saturated carbocycles. The zero-order valence-corrected chi connectivity index (χ0v) is 12.5. The molecule has 0 aliphatic heterocycles. The van der Waals surface area contributed by atoms with E-state index in [1.165, 1.54) is 0 Å². The molecule has 0 saturated heterocycles. The van der Waals surface area contributed by atoms with Gasteiger partial charge in [-0.3, -0.25) is 4.79 Å². The number of carbonyl (C=O) groups is 1. The van der Waals surface area contributed by atoms with E-state index in [9.17, 15) is 4.79 Å². The Morgan fingerprint density at radius 2 is 2.32 bits per heavy atom. The number of H-pyrrole nitrogens is 1. The van der Waals surface area contributed by atoms with Crippen LogP contribution in [0.1, 0.15) is 13.8 Å². The van der Waals surface area contributed by atoms with E-state index in [1.807, 2.05) is 18.4 Å². The molecule has 0 aromatic carbocycles. The highest BCUT2D eigenvalue weighted by molar-refractivity contribution is 7.71. The molecule has 0 spiro atoms. The first-order valence-corrected chi connectivity index (χ1v) is 6.60. The van der Waals surface area contributed by atoms with Gasteiger partial charge in [-0.25, -0.2) is 4.98 Å². The first-order valence-electron chi connectivity index (χ1n) is 5.81. The molecule has 0 aliphatic rings. The standard InChI is InChI=1S/C12H15ClN4OS/c1-12(2,10(18)14-3)6-17-9-8(16-11(17)19)4-7(13)5-15-9/h4-5H,6H2,1-3H3,(H,14,18)(H,16,19). The Morgan fingerprint density at radius 1 is 1.63 bits per heavy atom. The fourth-order valence-electron chi connectivity index (χ4n) is 1.97. The summed E-state index contributed by atoms with van der Waals surface area (Å²) in [6.07, 6.45) is 1.57. The van der Waals surface area contributed by atoms with Crippen LogP contribution in [-0.2, 0) is 11.3 Å². The number of hydrogen-bond donors (Lipinski definition) is 2. The van der Waals surface area contributed by atoms with Crippen LogP contribution >= 0.6 is 23.8 Å². The van der Waals surface area contributed by atoms with E-state index in [2.05, 4.69) is 15.3 Å². The van der Waals surface area contributed by atoms with Crippen molar-refractivity contribution < 1.29 is 4.79 Å². The largest absolute Gasteiger partial charge is 0.359 e. The molecule has 19 heavy (non-hydrogen) atoms. The van der Waals surface area contributed by atoms with Gasteiger partial charge in [-0.2, -0.15) is 0 Å². The maximum absolute atomic E-state index is 11.9. The average molecular weight is 299 g/mol.